The van der Waals surface area contributed by atoms with Gasteiger partial charge in [-0.05, 0) is 94.9 Å². The lowest BCUT2D eigenvalue weighted by Crippen LogP contribution is -2.57. The Morgan fingerprint density at radius 3 is 2.22 bits per heavy atom. The molecule has 0 N–H and O–H groups in total. The highest BCUT2D eigenvalue weighted by Crippen LogP contribution is 2.66. The van der Waals surface area contributed by atoms with Gasteiger partial charge in [-0.15, -0.1) is 0 Å². The van der Waals surface area contributed by atoms with Gasteiger partial charge >= 0.3 is 0 Å². The molecule has 0 saturated heterocycles. The van der Waals surface area contributed by atoms with Gasteiger partial charge in [-0.25, -0.2) is 0 Å². The minimum Gasteiger partial charge on any atom is -0.294 e. The zero-order valence-electron chi connectivity index (χ0n) is 21.1. The molecule has 1 aromatic carbocycles. The van der Waals surface area contributed by atoms with Crippen molar-refractivity contribution in [1.29, 1.82) is 0 Å². The van der Waals surface area contributed by atoms with Crippen molar-refractivity contribution in [3.05, 3.63) is 56.2 Å². The molecule has 32 heavy (non-hydrogen) atoms. The standard InChI is InChI=1S/C29H36O3/c1-10-20-11-15(2)17(4)23-21(20)13-27(7)14-28(8)12-16(3)22(19(6)30)26(32)29(28,9)18(5)24(27)25(23)31/h11H,10,12-14H2,1-9H3. The van der Waals surface area contributed by atoms with E-state index in [0.29, 0.717) is 12.0 Å². The number of carbonyl (C=O) groups is 3. The second-order valence-electron chi connectivity index (χ2n) is 11.3. The molecule has 0 heterocycles. The summed E-state index contributed by atoms with van der Waals surface area (Å²) in [7, 11) is 0. The maximum Gasteiger partial charge on any atom is 0.190 e. The fourth-order valence-electron chi connectivity index (χ4n) is 7.52. The van der Waals surface area contributed by atoms with E-state index >= 15 is 0 Å². The molecule has 3 unspecified atom stereocenters. The van der Waals surface area contributed by atoms with Gasteiger partial charge in [-0.1, -0.05) is 38.0 Å². The largest absolute Gasteiger partial charge is 0.294 e. The van der Waals surface area contributed by atoms with Crippen molar-refractivity contribution >= 4 is 17.3 Å². The first-order chi connectivity index (χ1) is 14.7. The Labute approximate surface area is 192 Å². The van der Waals surface area contributed by atoms with Crippen molar-refractivity contribution in [3.8, 4) is 0 Å². The SMILES string of the molecule is CCc1cc(C)c(C)c2c1CC1(C)CC3(C)CC(C)=C(C(C)=O)C(=O)C3(C)C(C)=C1C2=O. The summed E-state index contributed by atoms with van der Waals surface area (Å²) in [6.45, 7) is 18.1. The van der Waals surface area contributed by atoms with Gasteiger partial charge in [-0.3, -0.25) is 14.4 Å². The highest BCUT2D eigenvalue weighted by molar-refractivity contribution is 6.24. The average molecular weight is 433 g/mol. The summed E-state index contributed by atoms with van der Waals surface area (Å²) in [4.78, 5) is 40.5. The monoisotopic (exact) mass is 432 g/mol. The molecule has 3 heteroatoms. The van der Waals surface area contributed by atoms with Gasteiger partial charge in [0.25, 0.3) is 0 Å². The third-order valence-corrected chi connectivity index (χ3v) is 9.28. The van der Waals surface area contributed by atoms with Gasteiger partial charge in [-0.2, -0.15) is 0 Å². The molecule has 0 aliphatic heterocycles. The first-order valence-electron chi connectivity index (χ1n) is 11.9. The molecule has 0 fully saturated rings. The van der Waals surface area contributed by atoms with E-state index in [-0.39, 0.29) is 28.2 Å². The Kier molecular flexibility index (Phi) is 4.90. The molecule has 3 atom stereocenters. The number of rotatable bonds is 2. The van der Waals surface area contributed by atoms with Crippen molar-refractivity contribution in [2.75, 3.05) is 0 Å². The molecule has 3 aliphatic rings. The lowest BCUT2D eigenvalue weighted by Gasteiger charge is -2.59. The molecular weight excluding hydrogens is 396 g/mol. The lowest BCUT2D eigenvalue weighted by atomic mass is 9.42. The molecule has 0 saturated carbocycles. The van der Waals surface area contributed by atoms with Gasteiger partial charge in [0, 0.05) is 16.6 Å². The minimum atomic E-state index is -0.846. The third-order valence-electron chi connectivity index (χ3n) is 9.28. The lowest BCUT2D eigenvalue weighted by molar-refractivity contribution is -0.134. The predicted molar refractivity (Wildman–Crippen MR) is 128 cm³/mol. The number of carbonyl (C=O) groups excluding carboxylic acids is 3. The van der Waals surface area contributed by atoms with Crippen LogP contribution in [0.1, 0.15) is 93.9 Å². The number of fused-ring (bicyclic) bond motifs is 3. The first kappa shape index (κ1) is 22.9. The number of aryl methyl sites for hydroxylation is 2. The summed E-state index contributed by atoms with van der Waals surface area (Å²) in [6, 6.07) is 2.25. The molecule has 3 aliphatic carbocycles. The van der Waals surface area contributed by atoms with E-state index in [1.165, 1.54) is 18.1 Å². The molecule has 0 radical (unpaired) electrons. The van der Waals surface area contributed by atoms with Gasteiger partial charge in [0.1, 0.15) is 0 Å². The van der Waals surface area contributed by atoms with Gasteiger partial charge in [0.2, 0.25) is 0 Å². The van der Waals surface area contributed by atoms with Crippen molar-refractivity contribution in [1.82, 2.24) is 0 Å². The van der Waals surface area contributed by atoms with E-state index in [1.54, 1.807) is 0 Å². The zero-order valence-corrected chi connectivity index (χ0v) is 21.1. The molecule has 3 nitrogen and oxygen atoms in total. The predicted octanol–water partition coefficient (Wildman–Crippen LogP) is 6.22. The Morgan fingerprint density at radius 1 is 1.03 bits per heavy atom. The zero-order chi connectivity index (χ0) is 24.0. The normalized spacial score (nSPS) is 32.0. The Hall–Kier alpha value is -2.29. The quantitative estimate of drug-likeness (QED) is 0.521. The van der Waals surface area contributed by atoms with E-state index < -0.39 is 5.41 Å². The van der Waals surface area contributed by atoms with E-state index in [2.05, 4.69) is 33.8 Å². The summed E-state index contributed by atoms with van der Waals surface area (Å²) in [5.41, 5.74) is 6.95. The highest BCUT2D eigenvalue weighted by atomic mass is 16.2. The second-order valence-corrected chi connectivity index (χ2v) is 11.3. The molecule has 0 aromatic heterocycles. The highest BCUT2D eigenvalue weighted by Gasteiger charge is 2.63. The maximum atomic E-state index is 14.2. The fourth-order valence-corrected chi connectivity index (χ4v) is 7.52. The van der Waals surface area contributed by atoms with Crippen LogP contribution in [0.3, 0.4) is 0 Å². The fraction of sp³-hybridized carbons (Fsp3) is 0.552. The van der Waals surface area contributed by atoms with E-state index in [4.69, 9.17) is 0 Å². The molecule has 0 bridgehead atoms. The smallest absolute Gasteiger partial charge is 0.190 e. The Morgan fingerprint density at radius 2 is 1.66 bits per heavy atom. The number of Topliss-reactive ketones (excluding diaryl/α,β-unsaturated/α-hetero) is 3. The number of benzene rings is 1. The van der Waals surface area contributed by atoms with Crippen LogP contribution in [0.15, 0.2) is 28.4 Å². The van der Waals surface area contributed by atoms with Crippen LogP contribution in [0.4, 0.5) is 0 Å². The maximum absolute atomic E-state index is 14.2. The van der Waals surface area contributed by atoms with Crippen molar-refractivity contribution in [2.24, 2.45) is 16.2 Å². The summed E-state index contributed by atoms with van der Waals surface area (Å²) in [5.74, 6) is -0.174. The number of ketones is 3. The van der Waals surface area contributed by atoms with E-state index in [9.17, 15) is 14.4 Å². The minimum absolute atomic E-state index is 0.0916. The van der Waals surface area contributed by atoms with E-state index in [0.717, 1.165) is 52.7 Å². The van der Waals surface area contributed by atoms with E-state index in [1.807, 2.05) is 27.7 Å². The Balaban J connectivity index is 2.04. The second kappa shape index (κ2) is 6.85. The number of hydrogen-bond donors (Lipinski definition) is 0. The van der Waals surface area contributed by atoms with Crippen LogP contribution in [0.5, 0.6) is 0 Å². The summed E-state index contributed by atoms with van der Waals surface area (Å²) in [5, 5.41) is 0. The van der Waals surface area contributed by atoms with Crippen LogP contribution in [-0.4, -0.2) is 17.3 Å². The Bertz CT molecular complexity index is 1180. The van der Waals surface area contributed by atoms with Crippen molar-refractivity contribution in [2.45, 2.75) is 88.0 Å². The van der Waals surface area contributed by atoms with Crippen LogP contribution in [0, 0.1) is 30.1 Å². The van der Waals surface area contributed by atoms with Crippen LogP contribution < -0.4 is 0 Å². The summed E-state index contributed by atoms with van der Waals surface area (Å²) in [6.07, 6.45) is 3.20. The molecular formula is C29H36O3. The summed E-state index contributed by atoms with van der Waals surface area (Å²) < 4.78 is 0. The first-order valence-corrected chi connectivity index (χ1v) is 11.9. The van der Waals surface area contributed by atoms with Gasteiger partial charge in [0.15, 0.2) is 17.3 Å². The molecule has 1 aromatic rings. The number of hydrogen-bond acceptors (Lipinski definition) is 3. The molecule has 0 amide bonds. The number of allylic oxidation sites excluding steroid dienone is 4. The summed E-state index contributed by atoms with van der Waals surface area (Å²) >= 11 is 0. The molecule has 4 rings (SSSR count). The van der Waals surface area contributed by atoms with Gasteiger partial charge in [0.05, 0.1) is 11.0 Å². The average Bonchev–Trinajstić information content (AvgIpc) is 2.66. The van der Waals surface area contributed by atoms with Crippen LogP contribution in [-0.2, 0) is 22.4 Å². The molecule has 170 valence electrons. The van der Waals surface area contributed by atoms with Crippen LogP contribution in [0.25, 0.3) is 0 Å². The molecule has 0 spiro atoms. The van der Waals surface area contributed by atoms with Crippen LogP contribution >= 0.6 is 0 Å². The topological polar surface area (TPSA) is 51.2 Å². The van der Waals surface area contributed by atoms with Crippen LogP contribution in [0.2, 0.25) is 0 Å². The third kappa shape index (κ3) is 2.63. The van der Waals surface area contributed by atoms with Crippen molar-refractivity contribution < 1.29 is 14.4 Å². The van der Waals surface area contributed by atoms with Gasteiger partial charge < -0.3 is 0 Å². The van der Waals surface area contributed by atoms with Crippen molar-refractivity contribution in [3.63, 3.8) is 0 Å².